The summed E-state index contributed by atoms with van der Waals surface area (Å²) >= 11 is -0.355. The number of hydrogen-bond donors (Lipinski definition) is 0. The summed E-state index contributed by atoms with van der Waals surface area (Å²) < 4.78 is 7.14. The summed E-state index contributed by atoms with van der Waals surface area (Å²) in [7, 11) is 0. The molecule has 1 aromatic rings. The molecular weight excluding hydrogens is 266 g/mol. The van der Waals surface area contributed by atoms with E-state index in [1.807, 2.05) is 0 Å². The van der Waals surface area contributed by atoms with Gasteiger partial charge in [-0.05, 0) is 0 Å². The Labute approximate surface area is 101 Å². The monoisotopic (exact) mass is 287 g/mol. The van der Waals surface area contributed by atoms with Gasteiger partial charge in [-0.3, -0.25) is 0 Å². The molecule has 80 valence electrons. The van der Waals surface area contributed by atoms with E-state index in [2.05, 4.69) is 57.2 Å². The van der Waals surface area contributed by atoms with Crippen LogP contribution in [-0.4, -0.2) is 4.40 Å². The number of benzene rings is 1. The van der Waals surface area contributed by atoms with Crippen molar-refractivity contribution in [2.24, 2.45) is 8.91 Å². The van der Waals surface area contributed by atoms with Crippen molar-refractivity contribution in [2.75, 3.05) is 0 Å². The number of hydrogen-bond acceptors (Lipinski definition) is 1. The van der Waals surface area contributed by atoms with Crippen LogP contribution in [0.2, 0.25) is 0 Å². The standard InChI is InChI=1S/C8H9N.C5H10.Mo/c1-6-4-3-5-7(2)8(6)9;1-5(2,3)4;/h3-5H,1-2H3;1H,2-4H3;/q;;+2. The van der Waals surface area contributed by atoms with Crippen LogP contribution in [-0.2, 0) is 17.9 Å². The Bertz CT molecular complexity index is 387. The summed E-state index contributed by atoms with van der Waals surface area (Å²) in [5, 5.41) is 0. The first-order valence-corrected chi connectivity index (χ1v) is 7.23. The third-order valence-electron chi connectivity index (χ3n) is 1.99. The van der Waals surface area contributed by atoms with Crippen LogP contribution in [0.15, 0.2) is 21.7 Å². The van der Waals surface area contributed by atoms with E-state index in [9.17, 15) is 0 Å². The Balaban J connectivity index is 3.05. The van der Waals surface area contributed by atoms with Gasteiger partial charge in [-0.1, -0.05) is 0 Å². The fourth-order valence-electron chi connectivity index (χ4n) is 1.19. The molecule has 0 spiro atoms. The summed E-state index contributed by atoms with van der Waals surface area (Å²) in [6.45, 7) is 11.0. The Morgan fingerprint density at radius 2 is 1.67 bits per heavy atom. The third-order valence-corrected chi connectivity index (χ3v) is 4.69. The molecule has 0 aromatic heterocycles. The molecule has 1 aromatic carbocycles. The predicted octanol–water partition coefficient (Wildman–Crippen LogP) is 4.05. The predicted molar refractivity (Wildman–Crippen MR) is 63.5 cm³/mol. The van der Waals surface area contributed by atoms with Gasteiger partial charge in [0.15, 0.2) is 0 Å². The zero-order valence-electron chi connectivity index (χ0n) is 10.2. The minimum atomic E-state index is -0.355. The van der Waals surface area contributed by atoms with Crippen LogP contribution in [0.5, 0.6) is 0 Å². The summed E-state index contributed by atoms with van der Waals surface area (Å²) in [5.41, 5.74) is 4.10. The average molecular weight is 285 g/mol. The number of aryl methyl sites for hydroxylation is 2. The first kappa shape index (κ1) is 12.6. The first-order valence-electron chi connectivity index (χ1n) is 5.17. The summed E-state index contributed by atoms with van der Waals surface area (Å²) in [6, 6.07) is 6.36. The Kier molecular flexibility index (Phi) is 4.28. The van der Waals surface area contributed by atoms with Crippen LogP contribution in [0, 0.1) is 19.3 Å². The maximum atomic E-state index is 4.77. The number of rotatable bonds is 1. The Hall–Kier alpha value is -0.422. The van der Waals surface area contributed by atoms with Gasteiger partial charge < -0.3 is 0 Å². The van der Waals surface area contributed by atoms with Crippen LogP contribution < -0.4 is 0 Å². The second kappa shape index (κ2) is 5.07. The second-order valence-electron chi connectivity index (χ2n) is 4.92. The van der Waals surface area contributed by atoms with Gasteiger partial charge in [0.1, 0.15) is 0 Å². The van der Waals surface area contributed by atoms with Gasteiger partial charge in [-0.2, -0.15) is 0 Å². The molecule has 0 atom stereocenters. The van der Waals surface area contributed by atoms with Crippen molar-refractivity contribution < 1.29 is 17.9 Å². The molecule has 0 fully saturated rings. The molecule has 0 unspecified atom stereocenters. The van der Waals surface area contributed by atoms with Gasteiger partial charge in [0, 0.05) is 0 Å². The van der Waals surface area contributed by atoms with E-state index >= 15 is 0 Å². The molecule has 0 aliphatic heterocycles. The first-order chi connectivity index (χ1) is 6.90. The summed E-state index contributed by atoms with van der Waals surface area (Å²) in [5.74, 6) is 0. The molecule has 15 heavy (non-hydrogen) atoms. The van der Waals surface area contributed by atoms with Crippen molar-refractivity contribution in [2.45, 2.75) is 34.6 Å². The van der Waals surface area contributed by atoms with Crippen molar-refractivity contribution in [3.8, 4) is 0 Å². The zero-order valence-corrected chi connectivity index (χ0v) is 12.2. The van der Waals surface area contributed by atoms with Crippen LogP contribution >= 0.6 is 0 Å². The van der Waals surface area contributed by atoms with Gasteiger partial charge in [0.2, 0.25) is 0 Å². The van der Waals surface area contributed by atoms with E-state index in [1.165, 1.54) is 16.8 Å². The molecule has 2 heteroatoms. The molecule has 0 bridgehead atoms. The van der Waals surface area contributed by atoms with E-state index in [0.29, 0.717) is 5.41 Å². The molecule has 0 radical (unpaired) electrons. The van der Waals surface area contributed by atoms with Crippen LogP contribution in [0.4, 0.5) is 5.69 Å². The van der Waals surface area contributed by atoms with E-state index in [0.717, 1.165) is 0 Å². The van der Waals surface area contributed by atoms with Gasteiger partial charge in [-0.15, -0.1) is 0 Å². The van der Waals surface area contributed by atoms with E-state index in [-0.39, 0.29) is 17.9 Å². The van der Waals surface area contributed by atoms with Crippen molar-refractivity contribution in [1.82, 2.24) is 0 Å². The molecule has 0 amide bonds. The topological polar surface area (TPSA) is 12.4 Å². The molecule has 0 aliphatic carbocycles. The van der Waals surface area contributed by atoms with E-state index in [4.69, 9.17) is 3.50 Å². The SMILES string of the molecule is Cc1cccc(C)c1[N]=[Mo+2]=[CH]C(C)(C)C. The van der Waals surface area contributed by atoms with Gasteiger partial charge in [0.05, 0.1) is 0 Å². The summed E-state index contributed by atoms with van der Waals surface area (Å²) in [6.07, 6.45) is 0. The molecule has 0 N–H and O–H groups in total. The minimum absolute atomic E-state index is 0.308. The maximum absolute atomic E-state index is 4.77. The van der Waals surface area contributed by atoms with E-state index in [1.54, 1.807) is 0 Å². The van der Waals surface area contributed by atoms with E-state index < -0.39 is 0 Å². The molecule has 0 saturated heterocycles. The van der Waals surface area contributed by atoms with Crippen LogP contribution in [0.1, 0.15) is 31.9 Å². The number of nitrogens with zero attached hydrogens (tertiary/aromatic N) is 1. The second-order valence-corrected chi connectivity index (χ2v) is 6.47. The normalized spacial score (nSPS) is 10.7. The molecule has 0 aliphatic rings. The van der Waals surface area contributed by atoms with Crippen molar-refractivity contribution in [3.05, 3.63) is 29.3 Å². The molecule has 0 saturated carbocycles. The Morgan fingerprint density at radius 1 is 1.13 bits per heavy atom. The average Bonchev–Trinajstić information content (AvgIpc) is 2.08. The fourth-order valence-corrected chi connectivity index (χ4v) is 3.06. The van der Waals surface area contributed by atoms with Gasteiger partial charge in [-0.25, -0.2) is 0 Å². The van der Waals surface area contributed by atoms with Crippen LogP contribution in [0.3, 0.4) is 0 Å². The van der Waals surface area contributed by atoms with Crippen molar-refractivity contribution in [1.29, 1.82) is 0 Å². The summed E-state index contributed by atoms with van der Waals surface area (Å²) in [4.78, 5) is 0. The van der Waals surface area contributed by atoms with Gasteiger partial charge >= 0.3 is 101 Å². The van der Waals surface area contributed by atoms with Crippen molar-refractivity contribution in [3.63, 3.8) is 0 Å². The Morgan fingerprint density at radius 3 is 2.13 bits per heavy atom. The third kappa shape index (κ3) is 4.30. The van der Waals surface area contributed by atoms with Crippen LogP contribution in [0.25, 0.3) is 0 Å². The zero-order chi connectivity index (χ0) is 11.5. The fraction of sp³-hybridized carbons (Fsp3) is 0.462. The molecular formula is C13H19MoN+2. The molecule has 1 rings (SSSR count). The van der Waals surface area contributed by atoms with Gasteiger partial charge in [0.25, 0.3) is 0 Å². The molecule has 0 heterocycles. The molecule has 1 nitrogen and oxygen atoms in total. The van der Waals surface area contributed by atoms with Crippen molar-refractivity contribution >= 4 is 10.1 Å². The quantitative estimate of drug-likeness (QED) is 0.690.